The minimum Gasteiger partial charge on any atom is -0.247 e. The first-order chi connectivity index (χ1) is 7.50. The van der Waals surface area contributed by atoms with Crippen molar-refractivity contribution >= 4 is 16.1 Å². The van der Waals surface area contributed by atoms with Crippen LogP contribution in [0.5, 0.6) is 0 Å². The summed E-state index contributed by atoms with van der Waals surface area (Å²) in [4.78, 5) is -1.30. The molecule has 0 saturated carbocycles. The Morgan fingerprint density at radius 2 is 1.41 bits per heavy atom. The molecule has 4 heteroatoms. The second-order valence-electron chi connectivity index (χ2n) is 6.67. The maximum Gasteiger partial charge on any atom is 0.123 e. The van der Waals surface area contributed by atoms with Crippen molar-refractivity contribution in [2.75, 3.05) is 0 Å². The van der Waals surface area contributed by atoms with E-state index in [1.807, 2.05) is 39.3 Å². The van der Waals surface area contributed by atoms with E-state index in [1.54, 1.807) is 12.1 Å². The van der Waals surface area contributed by atoms with Crippen LogP contribution in [0.3, 0.4) is 0 Å². The molecule has 1 aromatic rings. The van der Waals surface area contributed by atoms with Gasteiger partial charge < -0.3 is 0 Å². The summed E-state index contributed by atoms with van der Waals surface area (Å²) in [5, 5.41) is 0. The molecule has 0 fully saturated rings. The van der Waals surface area contributed by atoms with Crippen LogP contribution in [0.4, 0.5) is 8.78 Å². The Kier molecular flexibility index (Phi) is 3.70. The predicted octanol–water partition coefficient (Wildman–Crippen LogP) is 4.75. The lowest BCUT2D eigenvalue weighted by Crippen LogP contribution is -2.60. The number of hydrogen-bond acceptors (Lipinski definition) is 0. The van der Waals surface area contributed by atoms with Crippen LogP contribution in [0.1, 0.15) is 5.56 Å². The highest BCUT2D eigenvalue weighted by atomic mass is 28.4. The summed E-state index contributed by atoms with van der Waals surface area (Å²) in [6.07, 6.45) is 0. The van der Waals surface area contributed by atoms with Crippen molar-refractivity contribution in [2.24, 2.45) is 0 Å². The molecule has 0 N–H and O–H groups in total. The highest BCUT2D eigenvalue weighted by molar-refractivity contribution is 6.97. The van der Waals surface area contributed by atoms with Crippen LogP contribution in [0, 0.1) is 5.82 Å². The minimum absolute atomic E-state index is 0.346. The second-order valence-corrected chi connectivity index (χ2v) is 17.5. The minimum atomic E-state index is -2.08. The van der Waals surface area contributed by atoms with Gasteiger partial charge >= 0.3 is 0 Å². The summed E-state index contributed by atoms with van der Waals surface area (Å²) in [5.74, 6) is -0.346. The fraction of sp³-hybridized carbons (Fsp3) is 0.538. The summed E-state index contributed by atoms with van der Waals surface area (Å²) in [7, 11) is -4.16. The van der Waals surface area contributed by atoms with E-state index in [0.717, 1.165) is 0 Å². The van der Waals surface area contributed by atoms with Gasteiger partial charge in [-0.25, -0.2) is 8.78 Å². The van der Waals surface area contributed by atoms with E-state index in [2.05, 4.69) is 0 Å². The zero-order valence-corrected chi connectivity index (χ0v) is 13.6. The van der Waals surface area contributed by atoms with E-state index < -0.39 is 21.1 Å². The molecule has 0 nitrogen and oxygen atoms in total. The monoisotopic (exact) mass is 272 g/mol. The molecule has 0 atom stereocenters. The Morgan fingerprint density at radius 1 is 0.941 bits per heavy atom. The Balaban J connectivity index is 3.46. The highest BCUT2D eigenvalue weighted by Gasteiger charge is 2.54. The maximum absolute atomic E-state index is 15.7. The molecule has 0 unspecified atom stereocenters. The van der Waals surface area contributed by atoms with Crippen LogP contribution in [0.2, 0.25) is 39.3 Å². The third kappa shape index (κ3) is 2.52. The highest BCUT2D eigenvalue weighted by Crippen LogP contribution is 2.43. The van der Waals surface area contributed by atoms with Gasteiger partial charge in [-0.2, -0.15) is 0 Å². The maximum atomic E-state index is 15.7. The van der Waals surface area contributed by atoms with Crippen molar-refractivity contribution in [2.45, 2.75) is 44.2 Å². The molecule has 0 amide bonds. The zero-order valence-electron chi connectivity index (χ0n) is 11.6. The lowest BCUT2D eigenvalue weighted by Gasteiger charge is -2.45. The molecule has 0 spiro atoms. The number of hydrogen-bond donors (Lipinski definition) is 0. The summed E-state index contributed by atoms with van der Waals surface area (Å²) < 4.78 is 29.0. The SMILES string of the molecule is C[Si](C)(C)C(F)(c1cccc(F)c1)[Si](C)(C)C. The van der Waals surface area contributed by atoms with E-state index in [0.29, 0.717) is 5.56 Å². The first kappa shape index (κ1) is 14.6. The number of halogens is 2. The van der Waals surface area contributed by atoms with Gasteiger partial charge in [0.25, 0.3) is 0 Å². The standard InChI is InChI=1S/C13H22F2Si2/c1-16(2,3)13(15,17(4,5)6)11-8-7-9-12(14)10-11/h7-10H,1-6H3. The van der Waals surface area contributed by atoms with Gasteiger partial charge in [0.1, 0.15) is 10.7 Å². The van der Waals surface area contributed by atoms with E-state index in [4.69, 9.17) is 0 Å². The van der Waals surface area contributed by atoms with Gasteiger partial charge in [-0.1, -0.05) is 51.4 Å². The average Bonchev–Trinajstić information content (AvgIpc) is 2.12. The molecule has 0 aliphatic carbocycles. The molecule has 0 bridgehead atoms. The molecule has 0 saturated heterocycles. The molecule has 0 heterocycles. The van der Waals surface area contributed by atoms with Crippen LogP contribution < -0.4 is 0 Å². The van der Waals surface area contributed by atoms with Crippen LogP contribution >= 0.6 is 0 Å². The van der Waals surface area contributed by atoms with Gasteiger partial charge in [0.05, 0.1) is 16.1 Å². The molecular formula is C13H22F2Si2. The first-order valence-corrected chi connectivity index (χ1v) is 12.9. The van der Waals surface area contributed by atoms with E-state index >= 15 is 4.39 Å². The largest absolute Gasteiger partial charge is 0.247 e. The van der Waals surface area contributed by atoms with Gasteiger partial charge in [-0.3, -0.25) is 0 Å². The summed E-state index contributed by atoms with van der Waals surface area (Å²) in [6, 6.07) is 6.09. The summed E-state index contributed by atoms with van der Waals surface area (Å²) >= 11 is 0. The van der Waals surface area contributed by atoms with Crippen molar-refractivity contribution < 1.29 is 8.78 Å². The van der Waals surface area contributed by atoms with Crippen molar-refractivity contribution in [3.05, 3.63) is 35.6 Å². The first-order valence-electron chi connectivity index (χ1n) is 5.95. The van der Waals surface area contributed by atoms with Gasteiger partial charge in [0, 0.05) is 0 Å². The topological polar surface area (TPSA) is 0 Å². The van der Waals surface area contributed by atoms with Crippen LogP contribution in [0.25, 0.3) is 0 Å². The van der Waals surface area contributed by atoms with Crippen molar-refractivity contribution in [1.82, 2.24) is 0 Å². The predicted molar refractivity (Wildman–Crippen MR) is 75.9 cm³/mol. The second kappa shape index (κ2) is 4.32. The fourth-order valence-electron chi connectivity index (χ4n) is 2.69. The molecule has 1 aromatic carbocycles. The number of benzene rings is 1. The number of alkyl halides is 1. The third-order valence-corrected chi connectivity index (χ3v) is 12.5. The summed E-state index contributed by atoms with van der Waals surface area (Å²) in [5.41, 5.74) is 0.538. The summed E-state index contributed by atoms with van der Waals surface area (Å²) in [6.45, 7) is 12.1. The average molecular weight is 272 g/mol. The van der Waals surface area contributed by atoms with Gasteiger partial charge in [-0.05, 0) is 17.7 Å². The normalized spacial score (nSPS) is 13.9. The molecule has 0 aromatic heterocycles. The van der Waals surface area contributed by atoms with Gasteiger partial charge in [0.15, 0.2) is 0 Å². The quantitative estimate of drug-likeness (QED) is 0.697. The lowest BCUT2D eigenvalue weighted by molar-refractivity contribution is 0.364. The Morgan fingerprint density at radius 3 is 1.76 bits per heavy atom. The molecule has 0 radical (unpaired) electrons. The molecule has 17 heavy (non-hydrogen) atoms. The van der Waals surface area contributed by atoms with E-state index in [-0.39, 0.29) is 5.82 Å². The van der Waals surface area contributed by atoms with Crippen LogP contribution in [0.15, 0.2) is 24.3 Å². The number of rotatable bonds is 3. The van der Waals surface area contributed by atoms with Crippen molar-refractivity contribution in [3.8, 4) is 0 Å². The molecular weight excluding hydrogens is 250 g/mol. The molecule has 0 aliphatic rings. The molecule has 96 valence electrons. The Labute approximate surface area is 105 Å². The van der Waals surface area contributed by atoms with E-state index in [1.165, 1.54) is 12.1 Å². The van der Waals surface area contributed by atoms with E-state index in [9.17, 15) is 4.39 Å². The third-order valence-electron chi connectivity index (χ3n) is 3.29. The Hall–Kier alpha value is -0.486. The van der Waals surface area contributed by atoms with Crippen LogP contribution in [-0.4, -0.2) is 16.1 Å². The van der Waals surface area contributed by atoms with Crippen molar-refractivity contribution in [3.63, 3.8) is 0 Å². The Bertz CT molecular complexity index is 389. The molecule has 0 aliphatic heterocycles. The molecule has 1 rings (SSSR count). The smallest absolute Gasteiger partial charge is 0.123 e. The van der Waals surface area contributed by atoms with Crippen molar-refractivity contribution in [1.29, 1.82) is 0 Å². The zero-order chi connectivity index (χ0) is 13.5. The lowest BCUT2D eigenvalue weighted by atomic mass is 10.2. The van der Waals surface area contributed by atoms with Gasteiger partial charge in [0.2, 0.25) is 0 Å². The van der Waals surface area contributed by atoms with Gasteiger partial charge in [-0.15, -0.1) is 0 Å². The fourth-order valence-corrected chi connectivity index (χ4v) is 13.7. The van der Waals surface area contributed by atoms with Crippen LogP contribution in [-0.2, 0) is 4.92 Å².